The number of hydrogen-bond donors (Lipinski definition) is 2. The van der Waals surface area contributed by atoms with Crippen LogP contribution in [0.5, 0.6) is 0 Å². The highest BCUT2D eigenvalue weighted by Gasteiger charge is 2.28. The number of rotatable bonds is 12. The van der Waals surface area contributed by atoms with E-state index in [9.17, 15) is 19.2 Å². The summed E-state index contributed by atoms with van der Waals surface area (Å²) in [6, 6.07) is 3.85. The van der Waals surface area contributed by atoms with Crippen LogP contribution >= 0.6 is 0 Å². The lowest BCUT2D eigenvalue weighted by atomic mass is 10.1. The number of anilines is 1. The monoisotopic (exact) mass is 490 g/mol. The summed E-state index contributed by atoms with van der Waals surface area (Å²) in [5, 5.41) is 5.72. The third-order valence-electron chi connectivity index (χ3n) is 5.18. The highest BCUT2D eigenvalue weighted by Crippen LogP contribution is 2.18. The fourth-order valence-corrected chi connectivity index (χ4v) is 3.28. The third-order valence-corrected chi connectivity index (χ3v) is 5.18. The summed E-state index contributed by atoms with van der Waals surface area (Å²) in [7, 11) is 0. The summed E-state index contributed by atoms with van der Waals surface area (Å²) in [4.78, 5) is 55.0. The zero-order chi connectivity index (χ0) is 26.0. The van der Waals surface area contributed by atoms with Crippen molar-refractivity contribution in [2.75, 3.05) is 25.0 Å². The van der Waals surface area contributed by atoms with E-state index in [0.717, 1.165) is 18.4 Å². The summed E-state index contributed by atoms with van der Waals surface area (Å²) in [5.41, 5.74) is 0.261. The first-order valence-corrected chi connectivity index (χ1v) is 12.2. The minimum atomic E-state index is -0.621. The third kappa shape index (κ3) is 10.9. The van der Waals surface area contributed by atoms with Gasteiger partial charge in [0.2, 0.25) is 11.8 Å². The van der Waals surface area contributed by atoms with Crippen LogP contribution in [0.1, 0.15) is 65.9 Å². The molecule has 0 unspecified atom stereocenters. The largest absolute Gasteiger partial charge is 0.466 e. The number of esters is 1. The van der Waals surface area contributed by atoms with Gasteiger partial charge in [0.15, 0.2) is 0 Å². The van der Waals surface area contributed by atoms with Crippen LogP contribution in [0.15, 0.2) is 18.3 Å². The van der Waals surface area contributed by atoms with Crippen molar-refractivity contribution in [1.29, 1.82) is 0 Å². The lowest BCUT2D eigenvalue weighted by molar-refractivity contribution is -0.151. The molecule has 3 amide bonds. The zero-order valence-corrected chi connectivity index (χ0v) is 21.4. The van der Waals surface area contributed by atoms with Gasteiger partial charge in [-0.2, -0.15) is 0 Å². The van der Waals surface area contributed by atoms with Crippen molar-refractivity contribution in [2.45, 2.75) is 78.4 Å². The number of carbonyl (C=O) groups is 4. The minimum Gasteiger partial charge on any atom is -0.466 e. The van der Waals surface area contributed by atoms with Crippen molar-refractivity contribution >= 4 is 29.7 Å². The average Bonchev–Trinajstić information content (AvgIpc) is 3.59. The Morgan fingerprint density at radius 1 is 1.20 bits per heavy atom. The van der Waals surface area contributed by atoms with Crippen LogP contribution in [-0.2, 0) is 30.3 Å². The molecule has 2 N–H and O–H groups in total. The van der Waals surface area contributed by atoms with E-state index < -0.39 is 23.6 Å². The van der Waals surface area contributed by atoms with Crippen LogP contribution < -0.4 is 10.6 Å². The van der Waals surface area contributed by atoms with E-state index in [-0.39, 0.29) is 37.9 Å². The number of ether oxygens (including phenoxy) is 2. The Morgan fingerprint density at radius 3 is 2.54 bits per heavy atom. The molecular formula is C25H38N4O6. The highest BCUT2D eigenvalue weighted by atomic mass is 16.6. The van der Waals surface area contributed by atoms with Gasteiger partial charge in [-0.15, -0.1) is 0 Å². The van der Waals surface area contributed by atoms with Crippen molar-refractivity contribution in [3.8, 4) is 0 Å². The first-order chi connectivity index (χ1) is 16.5. The standard InChI is InChI=1S/C25H38N4O6/c1-6-34-23(32)17(2)16-29(22(31)15-27-19-10-11-19)21(30)9-7-8-18-12-13-26-20(14-18)28-24(33)35-25(3,4)5/h12-14,17,19,27H,6-11,15-16H2,1-5H3,(H,26,28,33)/t17-/m1/s1. The fourth-order valence-electron chi connectivity index (χ4n) is 3.28. The van der Waals surface area contributed by atoms with Crippen LogP contribution in [0.4, 0.5) is 10.6 Å². The average molecular weight is 491 g/mol. The van der Waals surface area contributed by atoms with Crippen LogP contribution in [0.25, 0.3) is 0 Å². The van der Waals surface area contributed by atoms with Gasteiger partial charge in [0, 0.05) is 25.2 Å². The van der Waals surface area contributed by atoms with Gasteiger partial charge in [0.25, 0.3) is 0 Å². The molecule has 1 aliphatic carbocycles. The lowest BCUT2D eigenvalue weighted by Gasteiger charge is -2.24. The molecule has 1 heterocycles. The lowest BCUT2D eigenvalue weighted by Crippen LogP contribution is -2.45. The fraction of sp³-hybridized carbons (Fsp3) is 0.640. The second kappa shape index (κ2) is 13.2. The Hall–Kier alpha value is -3.01. The van der Waals surface area contributed by atoms with Crippen molar-refractivity contribution in [3.63, 3.8) is 0 Å². The number of amides is 3. The summed E-state index contributed by atoms with van der Waals surface area (Å²) in [6.07, 6.45) is 4.21. The molecule has 1 saturated carbocycles. The number of aromatic nitrogens is 1. The number of imide groups is 1. The molecule has 0 radical (unpaired) electrons. The van der Waals surface area contributed by atoms with E-state index in [1.54, 1.807) is 52.9 Å². The number of carbonyl (C=O) groups excluding carboxylic acids is 4. The topological polar surface area (TPSA) is 127 Å². The quantitative estimate of drug-likeness (QED) is 0.428. The number of nitrogens with zero attached hydrogens (tertiary/aromatic N) is 2. The molecule has 35 heavy (non-hydrogen) atoms. The maximum Gasteiger partial charge on any atom is 0.413 e. The molecule has 1 fully saturated rings. The summed E-state index contributed by atoms with van der Waals surface area (Å²) in [5.74, 6) is -1.36. The maximum atomic E-state index is 12.9. The van der Waals surface area contributed by atoms with Gasteiger partial charge < -0.3 is 14.8 Å². The molecule has 1 aromatic rings. The zero-order valence-electron chi connectivity index (χ0n) is 21.4. The summed E-state index contributed by atoms with van der Waals surface area (Å²) in [6.45, 7) is 8.98. The van der Waals surface area contributed by atoms with Gasteiger partial charge in [-0.25, -0.2) is 9.78 Å². The predicted molar refractivity (Wildman–Crippen MR) is 131 cm³/mol. The van der Waals surface area contributed by atoms with Crippen LogP contribution in [0.2, 0.25) is 0 Å². The molecule has 0 spiro atoms. The Morgan fingerprint density at radius 2 is 1.91 bits per heavy atom. The first kappa shape index (κ1) is 28.2. The molecule has 0 bridgehead atoms. The van der Waals surface area contributed by atoms with E-state index in [1.165, 1.54) is 4.90 Å². The van der Waals surface area contributed by atoms with Crippen molar-refractivity contribution < 1.29 is 28.7 Å². The normalized spacial score (nSPS) is 14.1. The van der Waals surface area contributed by atoms with E-state index in [1.807, 2.05) is 0 Å². The number of pyridine rings is 1. The molecule has 0 aromatic carbocycles. The van der Waals surface area contributed by atoms with E-state index in [0.29, 0.717) is 24.7 Å². The van der Waals surface area contributed by atoms with Gasteiger partial charge in [0.1, 0.15) is 11.4 Å². The Bertz CT molecular complexity index is 894. The first-order valence-electron chi connectivity index (χ1n) is 12.2. The Labute approximate surface area is 207 Å². The number of nitrogens with one attached hydrogen (secondary N) is 2. The number of hydrogen-bond acceptors (Lipinski definition) is 8. The van der Waals surface area contributed by atoms with E-state index in [2.05, 4.69) is 15.6 Å². The Balaban J connectivity index is 1.92. The van der Waals surface area contributed by atoms with Crippen LogP contribution in [0.3, 0.4) is 0 Å². The van der Waals surface area contributed by atoms with Gasteiger partial charge in [-0.05, 0) is 71.1 Å². The van der Waals surface area contributed by atoms with E-state index in [4.69, 9.17) is 9.47 Å². The van der Waals surface area contributed by atoms with Gasteiger partial charge in [0.05, 0.1) is 19.1 Å². The van der Waals surface area contributed by atoms with E-state index >= 15 is 0 Å². The minimum absolute atomic E-state index is 0.0118. The molecule has 2 rings (SSSR count). The van der Waals surface area contributed by atoms with Crippen molar-refractivity contribution in [3.05, 3.63) is 23.9 Å². The van der Waals surface area contributed by atoms with Crippen LogP contribution in [-0.4, -0.2) is 65.1 Å². The molecule has 10 heteroatoms. The molecule has 1 atom stereocenters. The molecule has 1 aromatic heterocycles. The van der Waals surface area contributed by atoms with Crippen molar-refractivity contribution in [2.24, 2.45) is 5.92 Å². The second-order valence-corrected chi connectivity index (χ2v) is 9.74. The summed E-state index contributed by atoms with van der Waals surface area (Å²) < 4.78 is 10.3. The van der Waals surface area contributed by atoms with Crippen molar-refractivity contribution in [1.82, 2.24) is 15.2 Å². The highest BCUT2D eigenvalue weighted by molar-refractivity contribution is 5.96. The smallest absolute Gasteiger partial charge is 0.413 e. The molecule has 0 saturated heterocycles. The predicted octanol–water partition coefficient (Wildman–Crippen LogP) is 3.06. The van der Waals surface area contributed by atoms with Crippen LogP contribution in [0, 0.1) is 5.92 Å². The van der Waals surface area contributed by atoms with Gasteiger partial charge >= 0.3 is 12.1 Å². The molecule has 0 aliphatic heterocycles. The Kier molecular flexibility index (Phi) is 10.6. The number of aryl methyl sites for hydroxylation is 1. The molecular weight excluding hydrogens is 452 g/mol. The van der Waals surface area contributed by atoms with Gasteiger partial charge in [-0.3, -0.25) is 24.6 Å². The SMILES string of the molecule is CCOC(=O)[C@H](C)CN(C(=O)CCCc1ccnc(NC(=O)OC(C)(C)C)c1)C(=O)CNC1CC1. The molecule has 194 valence electrons. The molecule has 10 nitrogen and oxygen atoms in total. The second-order valence-electron chi connectivity index (χ2n) is 9.74. The maximum absolute atomic E-state index is 12.9. The summed E-state index contributed by atoms with van der Waals surface area (Å²) >= 11 is 0. The van der Waals surface area contributed by atoms with Gasteiger partial charge in [-0.1, -0.05) is 6.92 Å². The molecule has 1 aliphatic rings.